The molecule has 0 radical (unpaired) electrons. The molecule has 2 heterocycles. The molecule has 0 saturated heterocycles. The van der Waals surface area contributed by atoms with E-state index in [1.807, 2.05) is 0 Å². The molecule has 2 aliphatic heterocycles. The van der Waals surface area contributed by atoms with Crippen LogP contribution in [0.4, 0.5) is 34.1 Å². The second kappa shape index (κ2) is 11.6. The number of benzene rings is 9. The minimum absolute atomic E-state index is 0.0225. The van der Waals surface area contributed by atoms with E-state index in [9.17, 15) is 0 Å². The summed E-state index contributed by atoms with van der Waals surface area (Å²) >= 11 is 0. The highest BCUT2D eigenvalue weighted by molar-refractivity contribution is 7.00. The van der Waals surface area contributed by atoms with Crippen molar-refractivity contribution in [3.8, 4) is 22.3 Å². The predicted molar refractivity (Wildman–Crippen MR) is 238 cm³/mol. The minimum atomic E-state index is -0.0998. The zero-order chi connectivity index (χ0) is 37.1. The monoisotopic (exact) mass is 712 g/mol. The van der Waals surface area contributed by atoms with E-state index in [4.69, 9.17) is 0 Å². The maximum Gasteiger partial charge on any atom is 0.252 e. The Kier molecular flexibility index (Phi) is 6.52. The summed E-state index contributed by atoms with van der Waals surface area (Å²) in [4.78, 5) is 5.12. The Morgan fingerprint density at radius 3 is 1.50 bits per heavy atom. The quantitative estimate of drug-likeness (QED) is 0.168. The van der Waals surface area contributed by atoms with E-state index < -0.39 is 0 Å². The first-order chi connectivity index (χ1) is 27.6. The maximum absolute atomic E-state index is 2.56. The summed E-state index contributed by atoms with van der Waals surface area (Å²) in [6, 6.07) is 70.3. The molecule has 0 atom stereocenters. The molecule has 0 aromatic heterocycles. The van der Waals surface area contributed by atoms with Gasteiger partial charge in [-0.05, 0) is 96.9 Å². The molecule has 3 heteroatoms. The van der Waals surface area contributed by atoms with Crippen molar-refractivity contribution in [1.82, 2.24) is 0 Å². The highest BCUT2D eigenvalue weighted by Gasteiger charge is 2.45. The zero-order valence-electron chi connectivity index (χ0n) is 31.4. The van der Waals surface area contributed by atoms with Crippen molar-refractivity contribution in [3.05, 3.63) is 199 Å². The third-order valence-corrected chi connectivity index (χ3v) is 12.8. The van der Waals surface area contributed by atoms with Crippen molar-refractivity contribution >= 4 is 78.8 Å². The predicted octanol–water partition coefficient (Wildman–Crippen LogP) is 12.0. The van der Waals surface area contributed by atoms with E-state index in [0.29, 0.717) is 0 Å². The summed E-state index contributed by atoms with van der Waals surface area (Å²) in [7, 11) is 0. The highest BCUT2D eigenvalue weighted by Crippen LogP contribution is 2.54. The number of anilines is 6. The first kappa shape index (κ1) is 31.5. The fourth-order valence-electron chi connectivity index (χ4n) is 10.4. The molecule has 0 fully saturated rings. The van der Waals surface area contributed by atoms with Crippen LogP contribution in [-0.4, -0.2) is 6.71 Å². The number of hydrogen-bond donors (Lipinski definition) is 0. The molecule has 2 nitrogen and oxygen atoms in total. The third kappa shape index (κ3) is 4.23. The van der Waals surface area contributed by atoms with Gasteiger partial charge in [0.2, 0.25) is 0 Å². The van der Waals surface area contributed by atoms with Crippen LogP contribution in [0.25, 0.3) is 43.8 Å². The number of para-hydroxylation sites is 2. The summed E-state index contributed by atoms with van der Waals surface area (Å²) in [5.41, 5.74) is 19.1. The van der Waals surface area contributed by atoms with Gasteiger partial charge in [0.15, 0.2) is 0 Å². The number of hydrogen-bond acceptors (Lipinski definition) is 2. The lowest BCUT2D eigenvalue weighted by atomic mass is 9.33. The molecule has 9 aromatic rings. The SMILES string of the molecule is CC1(C)c2ccccc2-c2c(-c3cc4c5c(c3)N(c3ccccc3)c3c(ccc6ccccc36)B5c3ccc5ccccc5c3N4c3ccccc3)cccc21. The highest BCUT2D eigenvalue weighted by atomic mass is 15.2. The third-order valence-electron chi connectivity index (χ3n) is 12.8. The van der Waals surface area contributed by atoms with Gasteiger partial charge in [0, 0.05) is 50.3 Å². The van der Waals surface area contributed by atoms with Crippen molar-refractivity contribution in [2.24, 2.45) is 0 Å². The maximum atomic E-state index is 2.56. The first-order valence-corrected chi connectivity index (χ1v) is 19.7. The lowest BCUT2D eigenvalue weighted by Crippen LogP contribution is -2.61. The van der Waals surface area contributed by atoms with E-state index in [1.165, 1.54) is 94.1 Å². The summed E-state index contributed by atoms with van der Waals surface area (Å²) in [6.45, 7) is 4.77. The number of rotatable bonds is 3. The molecule has 0 saturated carbocycles. The Hall–Kier alpha value is -6.84. The van der Waals surface area contributed by atoms with Crippen LogP contribution in [0.5, 0.6) is 0 Å². The second-order valence-corrected chi connectivity index (χ2v) is 16.1. The Balaban J connectivity index is 1.26. The molecule has 0 unspecified atom stereocenters. The fourth-order valence-corrected chi connectivity index (χ4v) is 10.4. The molecule has 1 aliphatic carbocycles. The summed E-state index contributed by atoms with van der Waals surface area (Å²) in [5.74, 6) is 0. The molecule has 0 amide bonds. The van der Waals surface area contributed by atoms with Crippen LogP contribution in [0.3, 0.4) is 0 Å². The van der Waals surface area contributed by atoms with Gasteiger partial charge in [-0.2, -0.15) is 0 Å². The average molecular weight is 713 g/mol. The van der Waals surface area contributed by atoms with E-state index in [0.717, 1.165) is 11.4 Å². The average Bonchev–Trinajstić information content (AvgIpc) is 3.49. The normalized spacial score (nSPS) is 14.3. The molecule has 12 rings (SSSR count). The minimum Gasteiger partial charge on any atom is -0.311 e. The summed E-state index contributed by atoms with van der Waals surface area (Å²) in [5, 5.41) is 5.01. The second-order valence-electron chi connectivity index (χ2n) is 16.1. The molecule has 262 valence electrons. The summed E-state index contributed by atoms with van der Waals surface area (Å²) < 4.78 is 0. The molecule has 56 heavy (non-hydrogen) atoms. The van der Waals surface area contributed by atoms with Crippen LogP contribution in [0, 0.1) is 0 Å². The number of fused-ring (bicyclic) bond motifs is 11. The number of nitrogens with zero attached hydrogens (tertiary/aromatic N) is 2. The van der Waals surface area contributed by atoms with Crippen LogP contribution in [0.1, 0.15) is 25.0 Å². The largest absolute Gasteiger partial charge is 0.311 e. The van der Waals surface area contributed by atoms with Crippen LogP contribution >= 0.6 is 0 Å². The van der Waals surface area contributed by atoms with Gasteiger partial charge in [-0.15, -0.1) is 0 Å². The fraction of sp³-hybridized carbons (Fsp3) is 0.0566. The first-order valence-electron chi connectivity index (χ1n) is 19.7. The molecule has 0 bridgehead atoms. The van der Waals surface area contributed by atoms with Crippen molar-refractivity contribution in [2.75, 3.05) is 9.80 Å². The van der Waals surface area contributed by atoms with Crippen molar-refractivity contribution in [3.63, 3.8) is 0 Å². The van der Waals surface area contributed by atoms with Gasteiger partial charge in [0.25, 0.3) is 6.71 Å². The van der Waals surface area contributed by atoms with Crippen molar-refractivity contribution in [1.29, 1.82) is 0 Å². The lowest BCUT2D eigenvalue weighted by Gasteiger charge is -2.45. The standard InChI is InChI=1S/C53H37BN2/c1-53(2)43-26-14-13-24-42(43)49-39(25-15-27-44(49)53)36-32-47-50-48(33-36)56(38-20-7-4-8-21-38)52-41-23-12-10-17-35(41)29-31-46(52)54(50)45-30-28-34-16-9-11-22-40(34)51(45)55(47)37-18-5-3-6-19-37/h3-33H,1-2H3. The Bertz CT molecular complexity index is 2920. The molecular formula is C53H37BN2. The van der Waals surface area contributed by atoms with Crippen LogP contribution < -0.4 is 26.2 Å². The topological polar surface area (TPSA) is 6.48 Å². The van der Waals surface area contributed by atoms with Gasteiger partial charge in [-0.1, -0.05) is 166 Å². The van der Waals surface area contributed by atoms with Gasteiger partial charge in [-0.25, -0.2) is 0 Å². The van der Waals surface area contributed by atoms with Gasteiger partial charge in [0.05, 0.1) is 0 Å². The molecule has 0 N–H and O–H groups in total. The van der Waals surface area contributed by atoms with Crippen molar-refractivity contribution < 1.29 is 0 Å². The van der Waals surface area contributed by atoms with E-state index in [2.05, 4.69) is 212 Å². The van der Waals surface area contributed by atoms with Crippen LogP contribution in [0.2, 0.25) is 0 Å². The van der Waals surface area contributed by atoms with Crippen LogP contribution in [-0.2, 0) is 5.41 Å². The zero-order valence-corrected chi connectivity index (χ0v) is 31.4. The Labute approximate surface area is 328 Å². The summed E-state index contributed by atoms with van der Waals surface area (Å²) in [6.07, 6.45) is 0. The lowest BCUT2D eigenvalue weighted by molar-refractivity contribution is 0.660. The van der Waals surface area contributed by atoms with Gasteiger partial charge in [-0.3, -0.25) is 0 Å². The van der Waals surface area contributed by atoms with Crippen LogP contribution in [0.15, 0.2) is 188 Å². The molecule has 9 aromatic carbocycles. The molecule has 3 aliphatic rings. The van der Waals surface area contributed by atoms with E-state index >= 15 is 0 Å². The van der Waals surface area contributed by atoms with E-state index in [-0.39, 0.29) is 12.1 Å². The van der Waals surface area contributed by atoms with Gasteiger partial charge in [0.1, 0.15) is 0 Å². The Morgan fingerprint density at radius 1 is 0.429 bits per heavy atom. The van der Waals surface area contributed by atoms with Gasteiger partial charge < -0.3 is 9.80 Å². The van der Waals surface area contributed by atoms with Gasteiger partial charge >= 0.3 is 0 Å². The Morgan fingerprint density at radius 2 is 0.911 bits per heavy atom. The molecular weight excluding hydrogens is 675 g/mol. The smallest absolute Gasteiger partial charge is 0.252 e. The van der Waals surface area contributed by atoms with E-state index in [1.54, 1.807) is 0 Å². The molecule has 0 spiro atoms. The van der Waals surface area contributed by atoms with Crippen molar-refractivity contribution in [2.45, 2.75) is 19.3 Å².